The fraction of sp³-hybridized carbons (Fsp3) is 0.273. The molecule has 6 nitrogen and oxygen atoms in total. The van der Waals surface area contributed by atoms with Crippen molar-refractivity contribution in [3.63, 3.8) is 0 Å². The van der Waals surface area contributed by atoms with E-state index in [0.29, 0.717) is 10.2 Å². The molecule has 0 heterocycles. The Kier molecular flexibility index (Phi) is 4.69. The zero-order chi connectivity index (χ0) is 13.9. The summed E-state index contributed by atoms with van der Waals surface area (Å²) < 4.78 is 0.490. The number of nitrogens with two attached hydrogens (primary N) is 1. The topological polar surface area (TPSA) is 113 Å². The molecule has 0 fully saturated rings. The van der Waals surface area contributed by atoms with Crippen LogP contribution in [0.25, 0.3) is 0 Å². The van der Waals surface area contributed by atoms with Gasteiger partial charge >= 0.3 is 5.97 Å². The molecule has 7 heteroatoms. The normalized spacial score (nSPS) is 13.7. The zero-order valence-corrected chi connectivity index (χ0v) is 11.1. The molecule has 0 radical (unpaired) electrons. The molecule has 0 bridgehead atoms. The highest BCUT2D eigenvalue weighted by Crippen LogP contribution is 2.19. The average Bonchev–Trinajstić information content (AvgIpc) is 2.28. The minimum atomic E-state index is -1.37. The maximum absolute atomic E-state index is 11.9. The SMILES string of the molecule is CC(O)C(NC(=O)c1cc(N)ccc1Br)C(=O)O. The van der Waals surface area contributed by atoms with E-state index in [1.807, 2.05) is 0 Å². The first-order valence-electron chi connectivity index (χ1n) is 5.09. The lowest BCUT2D eigenvalue weighted by Gasteiger charge is -2.17. The molecule has 0 aliphatic carbocycles. The Hall–Kier alpha value is -1.60. The summed E-state index contributed by atoms with van der Waals surface area (Å²) in [7, 11) is 0. The number of aliphatic hydroxyl groups excluding tert-OH is 1. The van der Waals surface area contributed by atoms with E-state index in [9.17, 15) is 14.7 Å². The lowest BCUT2D eigenvalue weighted by Crippen LogP contribution is -2.47. The predicted octanol–water partition coefficient (Wildman–Crippen LogP) is 0.595. The van der Waals surface area contributed by atoms with E-state index < -0.39 is 24.0 Å². The fourth-order valence-corrected chi connectivity index (χ4v) is 1.75. The van der Waals surface area contributed by atoms with Crippen LogP contribution < -0.4 is 11.1 Å². The second-order valence-corrected chi connectivity index (χ2v) is 4.62. The Morgan fingerprint density at radius 1 is 1.44 bits per heavy atom. The molecular weight excluding hydrogens is 304 g/mol. The molecule has 0 aliphatic heterocycles. The Balaban J connectivity index is 2.94. The van der Waals surface area contributed by atoms with E-state index in [1.165, 1.54) is 13.0 Å². The van der Waals surface area contributed by atoms with Gasteiger partial charge in [0.2, 0.25) is 0 Å². The van der Waals surface area contributed by atoms with Crippen LogP contribution in [0.15, 0.2) is 22.7 Å². The lowest BCUT2D eigenvalue weighted by atomic mass is 10.1. The summed E-state index contributed by atoms with van der Waals surface area (Å²) in [5.74, 6) is -1.93. The molecule has 0 aliphatic rings. The number of carboxylic acids is 1. The maximum atomic E-state index is 11.9. The summed E-state index contributed by atoms with van der Waals surface area (Å²) in [6.45, 7) is 1.29. The third-order valence-corrected chi connectivity index (χ3v) is 2.96. The first-order chi connectivity index (χ1) is 8.32. The monoisotopic (exact) mass is 316 g/mol. The van der Waals surface area contributed by atoms with Gasteiger partial charge in [0.25, 0.3) is 5.91 Å². The lowest BCUT2D eigenvalue weighted by molar-refractivity contribution is -0.141. The second kappa shape index (κ2) is 5.83. The molecule has 1 amide bonds. The third-order valence-electron chi connectivity index (χ3n) is 2.27. The zero-order valence-electron chi connectivity index (χ0n) is 9.55. The molecule has 5 N–H and O–H groups in total. The van der Waals surface area contributed by atoms with Crippen molar-refractivity contribution in [3.05, 3.63) is 28.2 Å². The van der Waals surface area contributed by atoms with E-state index in [4.69, 9.17) is 10.8 Å². The number of anilines is 1. The van der Waals surface area contributed by atoms with Crippen LogP contribution in [-0.2, 0) is 4.79 Å². The molecular formula is C11H13BrN2O4. The van der Waals surface area contributed by atoms with Gasteiger partial charge in [-0.05, 0) is 41.1 Å². The van der Waals surface area contributed by atoms with Crippen LogP contribution >= 0.6 is 15.9 Å². The van der Waals surface area contributed by atoms with E-state index in [2.05, 4.69) is 21.2 Å². The van der Waals surface area contributed by atoms with Crippen LogP contribution in [-0.4, -0.2) is 34.2 Å². The van der Waals surface area contributed by atoms with Gasteiger partial charge in [-0.25, -0.2) is 4.79 Å². The van der Waals surface area contributed by atoms with Crippen molar-refractivity contribution < 1.29 is 19.8 Å². The van der Waals surface area contributed by atoms with Gasteiger partial charge < -0.3 is 21.3 Å². The summed E-state index contributed by atoms with van der Waals surface area (Å²) >= 11 is 3.17. The smallest absolute Gasteiger partial charge is 0.328 e. The highest BCUT2D eigenvalue weighted by Gasteiger charge is 2.26. The van der Waals surface area contributed by atoms with E-state index in [-0.39, 0.29) is 5.56 Å². The molecule has 1 aromatic carbocycles. The van der Waals surface area contributed by atoms with Crippen LogP contribution in [0.5, 0.6) is 0 Å². The Labute approximate surface area is 112 Å². The number of aliphatic hydroxyl groups is 1. The van der Waals surface area contributed by atoms with Crippen molar-refractivity contribution in [1.82, 2.24) is 5.32 Å². The number of aliphatic carboxylic acids is 1. The van der Waals surface area contributed by atoms with Crippen molar-refractivity contribution >= 4 is 33.5 Å². The quantitative estimate of drug-likeness (QED) is 0.607. The number of hydrogen-bond acceptors (Lipinski definition) is 4. The van der Waals surface area contributed by atoms with Gasteiger partial charge in [0.1, 0.15) is 0 Å². The van der Waals surface area contributed by atoms with Gasteiger partial charge in [-0.1, -0.05) is 0 Å². The minimum absolute atomic E-state index is 0.210. The van der Waals surface area contributed by atoms with Crippen molar-refractivity contribution in [2.24, 2.45) is 0 Å². The van der Waals surface area contributed by atoms with Crippen molar-refractivity contribution in [1.29, 1.82) is 0 Å². The van der Waals surface area contributed by atoms with Crippen LogP contribution in [0.4, 0.5) is 5.69 Å². The number of rotatable bonds is 4. The van der Waals surface area contributed by atoms with Gasteiger partial charge in [-0.3, -0.25) is 4.79 Å². The Morgan fingerprint density at radius 2 is 2.06 bits per heavy atom. The molecule has 18 heavy (non-hydrogen) atoms. The van der Waals surface area contributed by atoms with Crippen molar-refractivity contribution in [2.75, 3.05) is 5.73 Å². The Bertz CT molecular complexity index is 476. The summed E-state index contributed by atoms with van der Waals surface area (Å²) in [5, 5.41) is 20.3. The largest absolute Gasteiger partial charge is 0.480 e. The number of carbonyl (C=O) groups excluding carboxylic acids is 1. The number of carbonyl (C=O) groups is 2. The highest BCUT2D eigenvalue weighted by molar-refractivity contribution is 9.10. The molecule has 0 spiro atoms. The second-order valence-electron chi connectivity index (χ2n) is 3.77. The van der Waals surface area contributed by atoms with Crippen LogP contribution in [0.1, 0.15) is 17.3 Å². The standard InChI is InChI=1S/C11H13BrN2O4/c1-5(15)9(11(17)18)14-10(16)7-4-6(13)2-3-8(7)12/h2-5,9,15H,13H2,1H3,(H,14,16)(H,17,18). The minimum Gasteiger partial charge on any atom is -0.480 e. The maximum Gasteiger partial charge on any atom is 0.328 e. The first-order valence-corrected chi connectivity index (χ1v) is 5.89. The van der Waals surface area contributed by atoms with Crippen molar-refractivity contribution in [2.45, 2.75) is 19.1 Å². The third kappa shape index (κ3) is 3.44. The number of hydrogen-bond donors (Lipinski definition) is 4. The number of nitrogens with one attached hydrogen (secondary N) is 1. The van der Waals surface area contributed by atoms with E-state index >= 15 is 0 Å². The van der Waals surface area contributed by atoms with E-state index in [0.717, 1.165) is 0 Å². The number of carboxylic acid groups (broad SMARTS) is 1. The van der Waals surface area contributed by atoms with Gasteiger partial charge in [0, 0.05) is 10.2 Å². The molecule has 2 atom stereocenters. The van der Waals surface area contributed by atoms with Crippen molar-refractivity contribution in [3.8, 4) is 0 Å². The Morgan fingerprint density at radius 3 is 2.56 bits per heavy atom. The van der Waals surface area contributed by atoms with Gasteiger partial charge in [-0.2, -0.15) is 0 Å². The number of amides is 1. The van der Waals surface area contributed by atoms with Gasteiger partial charge in [0.05, 0.1) is 11.7 Å². The molecule has 0 saturated heterocycles. The van der Waals surface area contributed by atoms with Gasteiger partial charge in [-0.15, -0.1) is 0 Å². The summed E-state index contributed by atoms with van der Waals surface area (Å²) in [6, 6.07) is 3.23. The number of benzene rings is 1. The molecule has 98 valence electrons. The van der Waals surface area contributed by atoms with E-state index in [1.54, 1.807) is 12.1 Å². The summed E-state index contributed by atoms with van der Waals surface area (Å²) in [4.78, 5) is 22.7. The predicted molar refractivity (Wildman–Crippen MR) is 69.1 cm³/mol. The molecule has 1 aromatic rings. The van der Waals surface area contributed by atoms with Crippen LogP contribution in [0, 0.1) is 0 Å². The number of nitrogen functional groups attached to an aromatic ring is 1. The van der Waals surface area contributed by atoms with Gasteiger partial charge in [0.15, 0.2) is 6.04 Å². The molecule has 1 rings (SSSR count). The molecule has 2 unspecified atom stereocenters. The van der Waals surface area contributed by atoms with Crippen LogP contribution in [0.3, 0.4) is 0 Å². The number of halogens is 1. The summed E-state index contributed by atoms with van der Waals surface area (Å²) in [5.41, 5.74) is 6.14. The fourth-order valence-electron chi connectivity index (χ4n) is 1.32. The van der Waals surface area contributed by atoms with Crippen LogP contribution in [0.2, 0.25) is 0 Å². The average molecular weight is 317 g/mol. The molecule has 0 aromatic heterocycles. The highest BCUT2D eigenvalue weighted by atomic mass is 79.9. The summed E-state index contributed by atoms with van der Waals surface area (Å²) in [6.07, 6.45) is -1.20. The first kappa shape index (κ1) is 14.5. The molecule has 0 saturated carbocycles.